The molecule has 0 aliphatic rings. The molecule has 0 spiro atoms. The van der Waals surface area contributed by atoms with Crippen molar-refractivity contribution in [1.82, 2.24) is 24.4 Å². The van der Waals surface area contributed by atoms with E-state index in [-0.39, 0.29) is 22.4 Å². The molecule has 0 unspecified atom stereocenters. The summed E-state index contributed by atoms with van der Waals surface area (Å²) >= 11 is 0. The zero-order valence-corrected chi connectivity index (χ0v) is 14.9. The Morgan fingerprint density at radius 2 is 1.53 bits per heavy atom. The van der Waals surface area contributed by atoms with Gasteiger partial charge in [0.05, 0.1) is 16.6 Å². The lowest BCUT2D eigenvalue weighted by Crippen LogP contribution is -2.07. The Bertz CT molecular complexity index is 1400. The fourth-order valence-corrected chi connectivity index (χ4v) is 3.29. The Morgan fingerprint density at radius 3 is 2.27 bits per heavy atom. The second-order valence-electron chi connectivity index (χ2n) is 6.50. The molecule has 0 saturated heterocycles. The van der Waals surface area contributed by atoms with Crippen LogP contribution in [0, 0.1) is 11.8 Å². The molecule has 5 nitrogen and oxygen atoms in total. The molecule has 30 heavy (non-hydrogen) atoms. The number of pyridine rings is 1. The van der Waals surface area contributed by atoms with Gasteiger partial charge in [0.25, 0.3) is 5.82 Å². The monoisotopic (exact) mass is 415 g/mol. The molecule has 0 atom stereocenters. The maximum absolute atomic E-state index is 14.3. The van der Waals surface area contributed by atoms with E-state index in [2.05, 4.69) is 15.2 Å². The molecule has 5 rings (SSSR count). The third-order valence-corrected chi connectivity index (χ3v) is 4.63. The van der Waals surface area contributed by atoms with Crippen molar-refractivity contribution in [2.45, 2.75) is 6.18 Å². The van der Waals surface area contributed by atoms with Crippen LogP contribution in [0.3, 0.4) is 0 Å². The number of aromatic nitrogens is 5. The Kier molecular flexibility index (Phi) is 3.85. The lowest BCUT2D eigenvalue weighted by atomic mass is 10.1. The van der Waals surface area contributed by atoms with E-state index < -0.39 is 23.8 Å². The molecule has 0 bridgehead atoms. The van der Waals surface area contributed by atoms with Gasteiger partial charge < -0.3 is 0 Å². The fourth-order valence-electron chi connectivity index (χ4n) is 3.29. The minimum atomic E-state index is -4.79. The summed E-state index contributed by atoms with van der Waals surface area (Å²) in [6.45, 7) is 0. The van der Waals surface area contributed by atoms with E-state index in [1.807, 2.05) is 0 Å². The summed E-state index contributed by atoms with van der Waals surface area (Å²) in [5.74, 6) is -2.60. The number of fused-ring (bicyclic) bond motifs is 2. The van der Waals surface area contributed by atoms with E-state index >= 15 is 0 Å². The number of alkyl halides is 3. The fraction of sp³-hybridized carbons (Fsp3) is 0.0500. The van der Waals surface area contributed by atoms with Crippen molar-refractivity contribution in [2.24, 2.45) is 0 Å². The molecule has 0 saturated carbocycles. The van der Waals surface area contributed by atoms with Crippen LogP contribution in [0.4, 0.5) is 22.0 Å². The molecule has 0 aliphatic heterocycles. The lowest BCUT2D eigenvalue weighted by Gasteiger charge is -2.09. The summed E-state index contributed by atoms with van der Waals surface area (Å²) in [4.78, 5) is 3.65. The van der Waals surface area contributed by atoms with Gasteiger partial charge in [-0.3, -0.25) is 0 Å². The average Bonchev–Trinajstić information content (AvgIpc) is 3.31. The van der Waals surface area contributed by atoms with Gasteiger partial charge in [-0.25, -0.2) is 18.6 Å². The quantitative estimate of drug-likeness (QED) is 0.380. The van der Waals surface area contributed by atoms with Crippen molar-refractivity contribution in [3.8, 4) is 16.9 Å². The van der Waals surface area contributed by atoms with Gasteiger partial charge in [0.1, 0.15) is 11.5 Å². The largest absolute Gasteiger partial charge is 0.453 e. The minimum absolute atomic E-state index is 0.115. The molecule has 0 radical (unpaired) electrons. The van der Waals surface area contributed by atoms with Gasteiger partial charge in [0.15, 0.2) is 5.65 Å². The third-order valence-electron chi connectivity index (χ3n) is 4.63. The van der Waals surface area contributed by atoms with Crippen molar-refractivity contribution in [3.63, 3.8) is 0 Å². The van der Waals surface area contributed by atoms with Gasteiger partial charge in [-0.2, -0.15) is 17.6 Å². The number of hydrogen-bond donors (Lipinski definition) is 0. The number of benzene rings is 2. The van der Waals surface area contributed by atoms with Crippen LogP contribution in [0.25, 0.3) is 33.5 Å². The molecular formula is C20H10F5N5. The summed E-state index contributed by atoms with van der Waals surface area (Å²) in [5, 5.41) is 7.66. The van der Waals surface area contributed by atoms with Gasteiger partial charge in [-0.1, -0.05) is 12.1 Å². The Hall–Kier alpha value is -3.82. The first-order valence-corrected chi connectivity index (χ1v) is 8.69. The summed E-state index contributed by atoms with van der Waals surface area (Å²) in [6.07, 6.45) is -4.79. The van der Waals surface area contributed by atoms with E-state index in [9.17, 15) is 22.0 Å². The zero-order valence-electron chi connectivity index (χ0n) is 14.9. The highest BCUT2D eigenvalue weighted by atomic mass is 19.4. The Morgan fingerprint density at radius 1 is 0.800 bits per heavy atom. The van der Waals surface area contributed by atoms with Crippen LogP contribution in [-0.2, 0) is 6.18 Å². The second kappa shape index (κ2) is 6.34. The highest BCUT2D eigenvalue weighted by Gasteiger charge is 2.37. The second-order valence-corrected chi connectivity index (χ2v) is 6.50. The van der Waals surface area contributed by atoms with E-state index in [0.29, 0.717) is 11.1 Å². The number of rotatable bonds is 2. The maximum atomic E-state index is 14.3. The van der Waals surface area contributed by atoms with Gasteiger partial charge in [-0.05, 0) is 48.5 Å². The molecule has 150 valence electrons. The molecule has 3 heterocycles. The van der Waals surface area contributed by atoms with Crippen molar-refractivity contribution in [2.75, 3.05) is 0 Å². The predicted octanol–water partition coefficient (Wildman–Crippen LogP) is 5.03. The lowest BCUT2D eigenvalue weighted by molar-refractivity contribution is -0.144. The molecule has 0 amide bonds. The summed E-state index contributed by atoms with van der Waals surface area (Å²) in [5.41, 5.74) is 1.00. The number of hydrogen-bond acceptors (Lipinski definition) is 3. The van der Waals surface area contributed by atoms with Crippen molar-refractivity contribution >= 4 is 16.6 Å². The van der Waals surface area contributed by atoms with E-state index in [4.69, 9.17) is 0 Å². The molecule has 0 fully saturated rings. The highest BCUT2D eigenvalue weighted by Crippen LogP contribution is 2.31. The summed E-state index contributed by atoms with van der Waals surface area (Å²) in [7, 11) is 0. The number of halogens is 5. The van der Waals surface area contributed by atoms with Crippen LogP contribution in [0.2, 0.25) is 0 Å². The van der Waals surface area contributed by atoms with Gasteiger partial charge >= 0.3 is 6.18 Å². The van der Waals surface area contributed by atoms with Gasteiger partial charge in [0, 0.05) is 5.56 Å². The van der Waals surface area contributed by atoms with Gasteiger partial charge in [-0.15, -0.1) is 10.2 Å². The van der Waals surface area contributed by atoms with Crippen LogP contribution in [0.15, 0.2) is 60.7 Å². The van der Waals surface area contributed by atoms with Crippen LogP contribution < -0.4 is 0 Å². The Balaban J connectivity index is 1.83. The number of nitrogens with zero attached hydrogens (tertiary/aromatic N) is 5. The first-order chi connectivity index (χ1) is 14.3. The third kappa shape index (κ3) is 2.79. The van der Waals surface area contributed by atoms with Crippen LogP contribution in [-0.4, -0.2) is 24.4 Å². The number of para-hydroxylation sites is 1. The van der Waals surface area contributed by atoms with Crippen molar-refractivity contribution in [3.05, 3.63) is 78.3 Å². The first-order valence-electron chi connectivity index (χ1n) is 8.69. The van der Waals surface area contributed by atoms with E-state index in [1.165, 1.54) is 47.1 Å². The van der Waals surface area contributed by atoms with E-state index in [0.717, 1.165) is 4.52 Å². The molecule has 5 aromatic rings. The van der Waals surface area contributed by atoms with Crippen molar-refractivity contribution in [1.29, 1.82) is 0 Å². The highest BCUT2D eigenvalue weighted by molar-refractivity contribution is 5.82. The molecule has 2 aromatic carbocycles. The maximum Gasteiger partial charge on any atom is 0.453 e. The topological polar surface area (TPSA) is 48.0 Å². The molecule has 0 N–H and O–H groups in total. The summed E-state index contributed by atoms with van der Waals surface area (Å²) < 4.78 is 69.7. The Labute approximate surface area is 165 Å². The molecule has 10 heteroatoms. The van der Waals surface area contributed by atoms with Crippen molar-refractivity contribution < 1.29 is 22.0 Å². The average molecular weight is 415 g/mol. The van der Waals surface area contributed by atoms with Gasteiger partial charge in [0.2, 0.25) is 5.95 Å². The predicted molar refractivity (Wildman–Crippen MR) is 98.0 cm³/mol. The normalized spacial score (nSPS) is 12.2. The van der Waals surface area contributed by atoms with Crippen LogP contribution in [0.5, 0.6) is 0 Å². The van der Waals surface area contributed by atoms with Crippen LogP contribution in [0.1, 0.15) is 5.82 Å². The smallest absolute Gasteiger partial charge is 0.226 e. The SMILES string of the molecule is Fc1ccc(-c2ccc(-n3nc(F)c4ccccc43)c3nc(C(F)(F)F)nn23)cc1. The van der Waals surface area contributed by atoms with E-state index in [1.54, 1.807) is 18.2 Å². The molecule has 0 aliphatic carbocycles. The standard InChI is InChI=1S/C20H10F5N5/c21-12-7-5-11(6-8-12)14-9-10-16(18-26-19(20(23,24)25)28-30(14)18)29-15-4-2-1-3-13(15)17(22)27-29/h1-10H. The minimum Gasteiger partial charge on any atom is -0.226 e. The molecule has 3 aromatic heterocycles. The molecular weight excluding hydrogens is 405 g/mol. The zero-order chi connectivity index (χ0) is 21.0. The summed E-state index contributed by atoms with van der Waals surface area (Å²) in [6, 6.07) is 14.6. The first kappa shape index (κ1) is 18.2. The van der Waals surface area contributed by atoms with Crippen LogP contribution >= 0.6 is 0 Å².